The average molecular weight is 309 g/mol. The summed E-state index contributed by atoms with van der Waals surface area (Å²) in [7, 11) is 1.31. The van der Waals surface area contributed by atoms with Gasteiger partial charge in [-0.3, -0.25) is 0 Å². The number of carbonyl (C=O) groups is 1. The summed E-state index contributed by atoms with van der Waals surface area (Å²) in [5, 5.41) is 20.2. The molecule has 1 aromatic rings. The maximum absolute atomic E-state index is 11.8. The lowest BCUT2D eigenvalue weighted by Gasteiger charge is -2.45. The van der Waals surface area contributed by atoms with Crippen molar-refractivity contribution in [1.29, 1.82) is 0 Å². The van der Waals surface area contributed by atoms with Crippen molar-refractivity contribution >= 4 is 11.8 Å². The van der Waals surface area contributed by atoms with E-state index in [-0.39, 0.29) is 12.2 Å². The minimum absolute atomic E-state index is 0.0382. The fourth-order valence-corrected chi connectivity index (χ4v) is 3.09. The van der Waals surface area contributed by atoms with Crippen LogP contribution in [0.4, 0.5) is 5.82 Å². The van der Waals surface area contributed by atoms with Gasteiger partial charge in [0.1, 0.15) is 17.7 Å². The summed E-state index contributed by atoms with van der Waals surface area (Å²) in [6.07, 6.45) is 4.43. The summed E-state index contributed by atoms with van der Waals surface area (Å²) >= 11 is 0. The van der Waals surface area contributed by atoms with E-state index in [0.29, 0.717) is 25.3 Å². The number of methoxy groups -OCH3 is 1. The highest BCUT2D eigenvalue weighted by atomic mass is 16.5. The SMILES string of the molecule is CCC[C@]1(CO)CCN(c2ncncc2C(=O)OC)C[C@H]1O. The van der Waals surface area contributed by atoms with Gasteiger partial charge in [0.25, 0.3) is 0 Å². The van der Waals surface area contributed by atoms with Gasteiger partial charge in [0.15, 0.2) is 0 Å². The van der Waals surface area contributed by atoms with Gasteiger partial charge >= 0.3 is 5.97 Å². The van der Waals surface area contributed by atoms with E-state index in [1.54, 1.807) is 0 Å². The predicted molar refractivity (Wildman–Crippen MR) is 80.6 cm³/mol. The summed E-state index contributed by atoms with van der Waals surface area (Å²) in [5.41, 5.74) is -0.187. The van der Waals surface area contributed by atoms with Crippen LogP contribution < -0.4 is 4.90 Å². The summed E-state index contributed by atoms with van der Waals surface area (Å²) < 4.78 is 4.75. The van der Waals surface area contributed by atoms with E-state index in [0.717, 1.165) is 12.8 Å². The Hall–Kier alpha value is -1.73. The van der Waals surface area contributed by atoms with E-state index in [4.69, 9.17) is 4.74 Å². The quantitative estimate of drug-likeness (QED) is 0.769. The Bertz CT molecular complexity index is 525. The molecular weight excluding hydrogens is 286 g/mol. The fourth-order valence-electron chi connectivity index (χ4n) is 3.09. The highest BCUT2D eigenvalue weighted by Crippen LogP contribution is 2.37. The first-order valence-electron chi connectivity index (χ1n) is 7.50. The second-order valence-corrected chi connectivity index (χ2v) is 5.73. The molecule has 0 unspecified atom stereocenters. The van der Waals surface area contributed by atoms with Gasteiger partial charge in [-0.05, 0) is 12.8 Å². The molecule has 1 aliphatic rings. The lowest BCUT2D eigenvalue weighted by atomic mass is 9.73. The van der Waals surface area contributed by atoms with Crippen LogP contribution in [0.5, 0.6) is 0 Å². The number of hydrogen-bond donors (Lipinski definition) is 2. The largest absolute Gasteiger partial charge is 0.465 e. The van der Waals surface area contributed by atoms with Crippen LogP contribution in [0.3, 0.4) is 0 Å². The van der Waals surface area contributed by atoms with Crippen molar-refractivity contribution < 1.29 is 19.7 Å². The highest BCUT2D eigenvalue weighted by molar-refractivity contribution is 5.94. The minimum atomic E-state index is -0.674. The van der Waals surface area contributed by atoms with Crippen molar-refractivity contribution in [1.82, 2.24) is 9.97 Å². The first-order chi connectivity index (χ1) is 10.6. The second-order valence-electron chi connectivity index (χ2n) is 5.73. The third kappa shape index (κ3) is 3.05. The number of anilines is 1. The molecular formula is C15H23N3O4. The van der Waals surface area contributed by atoms with Gasteiger partial charge in [0.2, 0.25) is 0 Å². The molecule has 0 saturated carbocycles. The Kier molecular flexibility index (Phi) is 5.31. The van der Waals surface area contributed by atoms with E-state index in [9.17, 15) is 15.0 Å². The average Bonchev–Trinajstić information content (AvgIpc) is 2.56. The van der Waals surface area contributed by atoms with Crippen LogP contribution in [0.2, 0.25) is 0 Å². The Balaban J connectivity index is 2.22. The Morgan fingerprint density at radius 2 is 2.36 bits per heavy atom. The normalized spacial score (nSPS) is 25.1. The van der Waals surface area contributed by atoms with Gasteiger partial charge in [-0.25, -0.2) is 14.8 Å². The number of rotatable bonds is 5. The Labute approximate surface area is 130 Å². The number of nitrogens with zero attached hydrogens (tertiary/aromatic N) is 3. The number of piperidine rings is 1. The Morgan fingerprint density at radius 1 is 1.59 bits per heavy atom. The predicted octanol–water partition coefficient (Wildman–Crippen LogP) is 0.613. The Morgan fingerprint density at radius 3 is 2.95 bits per heavy atom. The van der Waals surface area contributed by atoms with Crippen molar-refractivity contribution in [2.45, 2.75) is 32.3 Å². The number of aliphatic hydroxyl groups excluding tert-OH is 2. The van der Waals surface area contributed by atoms with Crippen molar-refractivity contribution in [2.24, 2.45) is 5.41 Å². The maximum Gasteiger partial charge on any atom is 0.343 e. The van der Waals surface area contributed by atoms with E-state index in [1.807, 2.05) is 11.8 Å². The molecule has 2 rings (SSSR count). The van der Waals surface area contributed by atoms with Gasteiger partial charge in [-0.15, -0.1) is 0 Å². The second kappa shape index (κ2) is 7.02. The van der Waals surface area contributed by atoms with E-state index >= 15 is 0 Å². The van der Waals surface area contributed by atoms with Crippen molar-refractivity contribution in [2.75, 3.05) is 31.7 Å². The molecule has 2 N–H and O–H groups in total. The van der Waals surface area contributed by atoms with Gasteiger partial charge in [-0.1, -0.05) is 13.3 Å². The molecule has 1 aliphatic heterocycles. The van der Waals surface area contributed by atoms with Gasteiger partial charge in [-0.2, -0.15) is 0 Å². The van der Waals surface area contributed by atoms with E-state index in [2.05, 4.69) is 9.97 Å². The summed E-state index contributed by atoms with van der Waals surface area (Å²) in [6.45, 7) is 2.93. The van der Waals surface area contributed by atoms with Crippen LogP contribution in [0.1, 0.15) is 36.5 Å². The summed E-state index contributed by atoms with van der Waals surface area (Å²) in [4.78, 5) is 21.7. The highest BCUT2D eigenvalue weighted by Gasteiger charge is 2.42. The number of carbonyl (C=O) groups excluding carboxylic acids is 1. The maximum atomic E-state index is 11.8. The van der Waals surface area contributed by atoms with Gasteiger partial charge in [0, 0.05) is 24.7 Å². The molecule has 1 fully saturated rings. The number of aliphatic hydroxyl groups is 2. The van der Waals surface area contributed by atoms with Crippen LogP contribution in [0.25, 0.3) is 0 Å². The molecule has 0 spiro atoms. The molecule has 0 aliphatic carbocycles. The van der Waals surface area contributed by atoms with Gasteiger partial charge < -0.3 is 19.8 Å². The third-order valence-electron chi connectivity index (χ3n) is 4.44. The van der Waals surface area contributed by atoms with Crippen LogP contribution in [0.15, 0.2) is 12.5 Å². The van der Waals surface area contributed by atoms with Crippen LogP contribution >= 0.6 is 0 Å². The van der Waals surface area contributed by atoms with Crippen molar-refractivity contribution in [3.63, 3.8) is 0 Å². The molecule has 0 bridgehead atoms. The molecule has 1 aromatic heterocycles. The molecule has 122 valence electrons. The van der Waals surface area contributed by atoms with Crippen molar-refractivity contribution in [3.05, 3.63) is 18.1 Å². The molecule has 0 radical (unpaired) electrons. The van der Waals surface area contributed by atoms with Crippen molar-refractivity contribution in [3.8, 4) is 0 Å². The summed E-state index contributed by atoms with van der Waals surface area (Å²) in [5.74, 6) is -0.0402. The van der Waals surface area contributed by atoms with Crippen LogP contribution in [0, 0.1) is 5.41 Å². The monoisotopic (exact) mass is 309 g/mol. The standard InChI is InChI=1S/C15H23N3O4/c1-3-4-15(9-19)5-6-18(8-12(15)20)13-11(14(21)22-2)7-16-10-17-13/h7,10,12,19-20H,3-6,8-9H2,1-2H3/t12-,15-/m1/s1. The first-order valence-corrected chi connectivity index (χ1v) is 7.50. The molecule has 0 amide bonds. The molecule has 22 heavy (non-hydrogen) atoms. The van der Waals surface area contributed by atoms with Crippen LogP contribution in [-0.2, 0) is 4.74 Å². The molecule has 1 saturated heterocycles. The topological polar surface area (TPSA) is 95.8 Å². The number of ether oxygens (including phenoxy) is 1. The smallest absolute Gasteiger partial charge is 0.343 e. The molecule has 2 atom stereocenters. The molecule has 2 heterocycles. The zero-order valence-electron chi connectivity index (χ0n) is 13.0. The number of hydrogen-bond acceptors (Lipinski definition) is 7. The zero-order chi connectivity index (χ0) is 16.2. The lowest BCUT2D eigenvalue weighted by Crippen LogP contribution is -2.53. The number of esters is 1. The molecule has 7 nitrogen and oxygen atoms in total. The van der Waals surface area contributed by atoms with E-state index in [1.165, 1.54) is 19.6 Å². The molecule has 7 heteroatoms. The molecule has 0 aromatic carbocycles. The van der Waals surface area contributed by atoms with Crippen LogP contribution in [-0.4, -0.2) is 59.1 Å². The third-order valence-corrected chi connectivity index (χ3v) is 4.44. The fraction of sp³-hybridized carbons (Fsp3) is 0.667. The minimum Gasteiger partial charge on any atom is -0.465 e. The number of aromatic nitrogens is 2. The first kappa shape index (κ1) is 16.6. The number of β-amino-alcohol motifs (C(OH)–C–C–N with tert-alkyl or cyclic N) is 1. The zero-order valence-corrected chi connectivity index (χ0v) is 13.0. The van der Waals surface area contributed by atoms with Gasteiger partial charge in [0.05, 0.1) is 19.8 Å². The van der Waals surface area contributed by atoms with E-state index < -0.39 is 17.5 Å². The lowest BCUT2D eigenvalue weighted by molar-refractivity contribution is -0.0372. The summed E-state index contributed by atoms with van der Waals surface area (Å²) in [6, 6.07) is 0.